The first-order valence-electron chi connectivity index (χ1n) is 6.77. The minimum absolute atomic E-state index is 0.706. The van der Waals surface area contributed by atoms with Gasteiger partial charge in [0.05, 0.1) is 0 Å². The van der Waals surface area contributed by atoms with Crippen molar-refractivity contribution in [2.24, 2.45) is 0 Å². The van der Waals surface area contributed by atoms with E-state index in [1.54, 1.807) is 0 Å². The van der Waals surface area contributed by atoms with E-state index in [9.17, 15) is 0 Å². The third-order valence-corrected chi connectivity index (χ3v) is 3.21. The molecule has 1 heterocycles. The predicted octanol–water partition coefficient (Wildman–Crippen LogP) is 2.22. The molecule has 1 fully saturated rings. The van der Waals surface area contributed by atoms with Crippen LogP contribution in [0, 0.1) is 6.92 Å². The number of rotatable bonds is 8. The Balaban J connectivity index is 2.06. The van der Waals surface area contributed by atoms with Gasteiger partial charge in [-0.3, -0.25) is 0 Å². The van der Waals surface area contributed by atoms with E-state index in [1.165, 1.54) is 18.4 Å². The van der Waals surface area contributed by atoms with E-state index in [0.29, 0.717) is 6.04 Å². The van der Waals surface area contributed by atoms with Gasteiger partial charge in [0.15, 0.2) is 0 Å². The van der Waals surface area contributed by atoms with Crippen LogP contribution < -0.4 is 10.2 Å². The SMILES string of the molecule is C=CCN(CC=C)c1ncc(CNC2CC2)c(C)n1. The quantitative estimate of drug-likeness (QED) is 0.726. The number of aromatic nitrogens is 2. The van der Waals surface area contributed by atoms with Crippen LogP contribution in [-0.2, 0) is 6.54 Å². The highest BCUT2D eigenvalue weighted by molar-refractivity contribution is 5.34. The molecule has 1 aromatic rings. The minimum Gasteiger partial charge on any atom is -0.333 e. The average molecular weight is 258 g/mol. The zero-order valence-corrected chi connectivity index (χ0v) is 11.6. The number of hydrogen-bond donors (Lipinski definition) is 1. The maximum absolute atomic E-state index is 4.59. The maximum atomic E-state index is 4.59. The Bertz CT molecular complexity index is 441. The Morgan fingerprint density at radius 2 is 2.05 bits per heavy atom. The first kappa shape index (κ1) is 13.7. The molecule has 0 unspecified atom stereocenters. The highest BCUT2D eigenvalue weighted by Crippen LogP contribution is 2.20. The van der Waals surface area contributed by atoms with Gasteiger partial charge < -0.3 is 10.2 Å². The standard InChI is InChI=1S/C15H22N4/c1-4-8-19(9-5-2)15-17-11-13(12(3)18-15)10-16-14-6-7-14/h4-5,11,14,16H,1-2,6-10H2,3H3. The molecule has 2 rings (SSSR count). The van der Waals surface area contributed by atoms with Crippen LogP contribution >= 0.6 is 0 Å². The number of nitrogens with zero attached hydrogens (tertiary/aromatic N) is 3. The second-order valence-corrected chi connectivity index (χ2v) is 4.92. The molecule has 0 bridgehead atoms. The molecule has 1 N–H and O–H groups in total. The van der Waals surface area contributed by atoms with E-state index in [0.717, 1.165) is 31.3 Å². The summed E-state index contributed by atoms with van der Waals surface area (Å²) < 4.78 is 0. The Morgan fingerprint density at radius 3 is 2.58 bits per heavy atom. The smallest absolute Gasteiger partial charge is 0.226 e. The summed E-state index contributed by atoms with van der Waals surface area (Å²) in [7, 11) is 0. The number of anilines is 1. The van der Waals surface area contributed by atoms with Crippen molar-refractivity contribution in [3.63, 3.8) is 0 Å². The van der Waals surface area contributed by atoms with Gasteiger partial charge in [0.2, 0.25) is 5.95 Å². The topological polar surface area (TPSA) is 41.1 Å². The van der Waals surface area contributed by atoms with Crippen LogP contribution in [-0.4, -0.2) is 29.1 Å². The van der Waals surface area contributed by atoms with Crippen LogP contribution in [0.2, 0.25) is 0 Å². The van der Waals surface area contributed by atoms with Crippen LogP contribution in [0.5, 0.6) is 0 Å². The summed E-state index contributed by atoms with van der Waals surface area (Å²) in [5.74, 6) is 0.743. The number of hydrogen-bond acceptors (Lipinski definition) is 4. The summed E-state index contributed by atoms with van der Waals surface area (Å²) in [6, 6.07) is 0.706. The molecule has 4 heteroatoms. The highest BCUT2D eigenvalue weighted by atomic mass is 15.2. The average Bonchev–Trinajstić information content (AvgIpc) is 3.21. The fourth-order valence-electron chi connectivity index (χ4n) is 1.90. The van der Waals surface area contributed by atoms with Crippen LogP contribution in [0.15, 0.2) is 31.5 Å². The normalized spacial score (nSPS) is 14.2. The van der Waals surface area contributed by atoms with Crippen molar-refractivity contribution in [2.75, 3.05) is 18.0 Å². The van der Waals surface area contributed by atoms with Crippen LogP contribution in [0.3, 0.4) is 0 Å². The lowest BCUT2D eigenvalue weighted by molar-refractivity contribution is 0.678. The van der Waals surface area contributed by atoms with Crippen molar-refractivity contribution in [2.45, 2.75) is 32.4 Å². The van der Waals surface area contributed by atoms with Crippen molar-refractivity contribution in [1.29, 1.82) is 0 Å². The van der Waals surface area contributed by atoms with Gasteiger partial charge >= 0.3 is 0 Å². The summed E-state index contributed by atoms with van der Waals surface area (Å²) in [6.07, 6.45) is 8.22. The van der Waals surface area contributed by atoms with Gasteiger partial charge in [-0.25, -0.2) is 9.97 Å². The summed E-state index contributed by atoms with van der Waals surface area (Å²) in [6.45, 7) is 11.9. The molecule has 1 saturated carbocycles. The molecule has 0 aliphatic heterocycles. The molecule has 0 atom stereocenters. The summed E-state index contributed by atoms with van der Waals surface area (Å²) in [5, 5.41) is 3.49. The molecule has 0 saturated heterocycles. The molecule has 0 aromatic carbocycles. The van der Waals surface area contributed by atoms with E-state index in [-0.39, 0.29) is 0 Å². The summed E-state index contributed by atoms with van der Waals surface area (Å²) in [5.41, 5.74) is 2.21. The first-order valence-corrected chi connectivity index (χ1v) is 6.77. The van der Waals surface area contributed by atoms with Gasteiger partial charge in [0.1, 0.15) is 0 Å². The minimum atomic E-state index is 0.706. The van der Waals surface area contributed by atoms with Crippen LogP contribution in [0.1, 0.15) is 24.1 Å². The van der Waals surface area contributed by atoms with Gasteiger partial charge in [-0.2, -0.15) is 0 Å². The second kappa shape index (κ2) is 6.48. The van der Waals surface area contributed by atoms with Crippen LogP contribution in [0.4, 0.5) is 5.95 Å². The van der Waals surface area contributed by atoms with Gasteiger partial charge in [0.25, 0.3) is 0 Å². The lowest BCUT2D eigenvalue weighted by atomic mass is 10.2. The van der Waals surface area contributed by atoms with Gasteiger partial charge in [0, 0.05) is 43.1 Å². The zero-order chi connectivity index (χ0) is 13.7. The van der Waals surface area contributed by atoms with E-state index in [2.05, 4.69) is 28.4 Å². The maximum Gasteiger partial charge on any atom is 0.226 e. The Labute approximate surface area is 115 Å². The fraction of sp³-hybridized carbons (Fsp3) is 0.467. The molecular weight excluding hydrogens is 236 g/mol. The molecule has 19 heavy (non-hydrogen) atoms. The van der Waals surface area contributed by atoms with Crippen molar-refractivity contribution < 1.29 is 0 Å². The fourth-order valence-corrected chi connectivity index (χ4v) is 1.90. The van der Waals surface area contributed by atoms with Gasteiger partial charge in [-0.1, -0.05) is 12.2 Å². The van der Waals surface area contributed by atoms with Gasteiger partial charge in [-0.05, 0) is 19.8 Å². The van der Waals surface area contributed by atoms with Crippen molar-refractivity contribution >= 4 is 5.95 Å². The largest absolute Gasteiger partial charge is 0.333 e. The molecule has 1 aromatic heterocycles. The Hall–Kier alpha value is -1.68. The predicted molar refractivity (Wildman–Crippen MR) is 79.2 cm³/mol. The van der Waals surface area contributed by atoms with E-state index in [4.69, 9.17) is 0 Å². The lowest BCUT2D eigenvalue weighted by Gasteiger charge is -2.20. The zero-order valence-electron chi connectivity index (χ0n) is 11.6. The molecule has 0 amide bonds. The Morgan fingerprint density at radius 1 is 1.37 bits per heavy atom. The monoisotopic (exact) mass is 258 g/mol. The van der Waals surface area contributed by atoms with Gasteiger partial charge in [-0.15, -0.1) is 13.2 Å². The highest BCUT2D eigenvalue weighted by Gasteiger charge is 2.20. The van der Waals surface area contributed by atoms with E-state index < -0.39 is 0 Å². The van der Waals surface area contributed by atoms with E-state index in [1.807, 2.05) is 30.2 Å². The second-order valence-electron chi connectivity index (χ2n) is 4.92. The molecular formula is C15H22N4. The summed E-state index contributed by atoms with van der Waals surface area (Å²) >= 11 is 0. The van der Waals surface area contributed by atoms with Crippen LogP contribution in [0.25, 0.3) is 0 Å². The molecule has 1 aliphatic carbocycles. The number of aryl methyl sites for hydroxylation is 1. The third-order valence-electron chi connectivity index (χ3n) is 3.21. The molecule has 4 nitrogen and oxygen atoms in total. The first-order chi connectivity index (χ1) is 9.24. The van der Waals surface area contributed by atoms with Crippen molar-refractivity contribution in [3.05, 3.63) is 42.8 Å². The summed E-state index contributed by atoms with van der Waals surface area (Å²) in [4.78, 5) is 11.1. The van der Waals surface area contributed by atoms with E-state index >= 15 is 0 Å². The Kier molecular flexibility index (Phi) is 4.68. The lowest BCUT2D eigenvalue weighted by Crippen LogP contribution is -2.26. The van der Waals surface area contributed by atoms with Crippen molar-refractivity contribution in [3.8, 4) is 0 Å². The third kappa shape index (κ3) is 3.89. The number of nitrogens with one attached hydrogen (secondary N) is 1. The molecule has 0 spiro atoms. The molecule has 0 radical (unpaired) electrons. The molecule has 1 aliphatic rings. The van der Waals surface area contributed by atoms with Crippen molar-refractivity contribution in [1.82, 2.24) is 15.3 Å². The molecule has 102 valence electrons.